The predicted octanol–water partition coefficient (Wildman–Crippen LogP) is 3.27. The monoisotopic (exact) mass is 279 g/mol. The number of aromatic nitrogens is 1. The van der Waals surface area contributed by atoms with Crippen LogP contribution in [0.5, 0.6) is 0 Å². The van der Waals surface area contributed by atoms with E-state index in [9.17, 15) is 10.1 Å². The number of carbonyl (C=O) groups excluding carboxylic acids is 1. The van der Waals surface area contributed by atoms with E-state index < -0.39 is 0 Å². The number of rotatable bonds is 3. The van der Waals surface area contributed by atoms with E-state index >= 15 is 0 Å². The standard InChI is InChI=1S/C14H18ClN3O/c1-9-10(2)18(11-5-3-4-6-11)14(12(9)8-16)17-13(19)7-15/h11H,3-7H2,1-2H3,(H,17,19). The molecule has 1 amide bonds. The molecule has 1 fully saturated rings. The van der Waals surface area contributed by atoms with Crippen molar-refractivity contribution in [3.63, 3.8) is 0 Å². The molecule has 0 saturated heterocycles. The first-order valence-electron chi connectivity index (χ1n) is 6.57. The maximum atomic E-state index is 11.6. The summed E-state index contributed by atoms with van der Waals surface area (Å²) in [5.74, 6) is 0.253. The van der Waals surface area contributed by atoms with Gasteiger partial charge in [0.15, 0.2) is 0 Å². The van der Waals surface area contributed by atoms with Gasteiger partial charge in [0.2, 0.25) is 5.91 Å². The summed E-state index contributed by atoms with van der Waals surface area (Å²) < 4.78 is 2.12. The molecule has 2 rings (SSSR count). The van der Waals surface area contributed by atoms with Crippen LogP contribution in [0.2, 0.25) is 0 Å². The molecule has 1 aromatic heterocycles. The first-order valence-corrected chi connectivity index (χ1v) is 7.10. The summed E-state index contributed by atoms with van der Waals surface area (Å²) >= 11 is 5.55. The van der Waals surface area contributed by atoms with Crippen LogP contribution in [0, 0.1) is 25.2 Å². The Morgan fingerprint density at radius 2 is 2.11 bits per heavy atom. The normalized spacial score (nSPS) is 15.5. The third-order valence-electron chi connectivity index (χ3n) is 3.94. The van der Waals surface area contributed by atoms with Crippen molar-refractivity contribution in [3.8, 4) is 6.07 Å². The maximum Gasteiger partial charge on any atom is 0.240 e. The Morgan fingerprint density at radius 3 is 2.63 bits per heavy atom. The fourth-order valence-corrected chi connectivity index (χ4v) is 2.94. The summed E-state index contributed by atoms with van der Waals surface area (Å²) in [6, 6.07) is 2.58. The first kappa shape index (κ1) is 14.0. The van der Waals surface area contributed by atoms with Crippen molar-refractivity contribution in [2.45, 2.75) is 45.6 Å². The minimum absolute atomic E-state index is 0.0984. The number of nitrogens with one attached hydrogen (secondary N) is 1. The van der Waals surface area contributed by atoms with Gasteiger partial charge in [0.05, 0.1) is 5.56 Å². The molecule has 1 heterocycles. The lowest BCUT2D eigenvalue weighted by Crippen LogP contribution is -2.19. The van der Waals surface area contributed by atoms with Crippen LogP contribution in [0.15, 0.2) is 0 Å². The largest absolute Gasteiger partial charge is 0.327 e. The molecule has 0 aliphatic heterocycles. The van der Waals surface area contributed by atoms with Crippen LogP contribution < -0.4 is 5.32 Å². The molecule has 0 aromatic carbocycles. The Kier molecular flexibility index (Phi) is 4.16. The van der Waals surface area contributed by atoms with Crippen LogP contribution in [-0.4, -0.2) is 16.4 Å². The molecule has 0 atom stereocenters. The van der Waals surface area contributed by atoms with E-state index in [-0.39, 0.29) is 11.8 Å². The Hall–Kier alpha value is -1.47. The van der Waals surface area contributed by atoms with Crippen molar-refractivity contribution in [3.05, 3.63) is 16.8 Å². The van der Waals surface area contributed by atoms with Gasteiger partial charge in [-0.1, -0.05) is 12.8 Å². The Balaban J connectivity index is 2.50. The van der Waals surface area contributed by atoms with Gasteiger partial charge >= 0.3 is 0 Å². The number of alkyl halides is 1. The van der Waals surface area contributed by atoms with Crippen LogP contribution in [0.1, 0.15) is 48.5 Å². The minimum atomic E-state index is -0.269. The summed E-state index contributed by atoms with van der Waals surface area (Å²) in [5, 5.41) is 12.1. The van der Waals surface area contributed by atoms with Crippen LogP contribution in [-0.2, 0) is 4.79 Å². The first-order chi connectivity index (χ1) is 9.10. The maximum absolute atomic E-state index is 11.6. The molecule has 0 unspecified atom stereocenters. The Labute approximate surface area is 118 Å². The molecule has 1 saturated carbocycles. The van der Waals surface area contributed by atoms with E-state index in [0.717, 1.165) is 24.1 Å². The van der Waals surface area contributed by atoms with E-state index in [1.165, 1.54) is 12.8 Å². The van der Waals surface area contributed by atoms with E-state index in [1.54, 1.807) is 0 Å². The predicted molar refractivity (Wildman–Crippen MR) is 75.5 cm³/mol. The second kappa shape index (κ2) is 5.66. The SMILES string of the molecule is Cc1c(C#N)c(NC(=O)CCl)n(C2CCCC2)c1C. The third kappa shape index (κ3) is 2.48. The van der Waals surface area contributed by atoms with Gasteiger partial charge in [0.1, 0.15) is 17.8 Å². The number of hydrogen-bond acceptors (Lipinski definition) is 2. The lowest BCUT2D eigenvalue weighted by Gasteiger charge is -2.19. The van der Waals surface area contributed by atoms with Crippen LogP contribution in [0.3, 0.4) is 0 Å². The van der Waals surface area contributed by atoms with E-state index in [0.29, 0.717) is 17.4 Å². The molecule has 1 aliphatic rings. The van der Waals surface area contributed by atoms with Gasteiger partial charge in [-0.15, -0.1) is 11.6 Å². The number of anilines is 1. The van der Waals surface area contributed by atoms with Gasteiger partial charge in [-0.3, -0.25) is 4.79 Å². The van der Waals surface area contributed by atoms with Gasteiger partial charge < -0.3 is 9.88 Å². The van der Waals surface area contributed by atoms with Crippen molar-refractivity contribution >= 4 is 23.3 Å². The van der Waals surface area contributed by atoms with Gasteiger partial charge in [-0.05, 0) is 32.3 Å². The van der Waals surface area contributed by atoms with Gasteiger partial charge in [0.25, 0.3) is 0 Å². The Morgan fingerprint density at radius 1 is 1.47 bits per heavy atom. The minimum Gasteiger partial charge on any atom is -0.327 e. The summed E-state index contributed by atoms with van der Waals surface area (Å²) in [7, 11) is 0. The second-order valence-electron chi connectivity index (χ2n) is 5.04. The summed E-state index contributed by atoms with van der Waals surface area (Å²) in [4.78, 5) is 11.6. The van der Waals surface area contributed by atoms with Crippen LogP contribution in [0.4, 0.5) is 5.82 Å². The zero-order chi connectivity index (χ0) is 14.0. The molecule has 1 N–H and O–H groups in total. The third-order valence-corrected chi connectivity index (χ3v) is 4.18. The van der Waals surface area contributed by atoms with Gasteiger partial charge in [0, 0.05) is 11.7 Å². The van der Waals surface area contributed by atoms with E-state index in [2.05, 4.69) is 16.0 Å². The molecule has 1 aromatic rings. The number of amides is 1. The second-order valence-corrected chi connectivity index (χ2v) is 5.30. The van der Waals surface area contributed by atoms with Crippen molar-refractivity contribution in [2.24, 2.45) is 0 Å². The molecule has 5 heteroatoms. The highest BCUT2D eigenvalue weighted by atomic mass is 35.5. The highest BCUT2D eigenvalue weighted by Gasteiger charge is 2.26. The highest BCUT2D eigenvalue weighted by Crippen LogP contribution is 2.37. The number of halogens is 1. The van der Waals surface area contributed by atoms with Crippen molar-refractivity contribution in [2.75, 3.05) is 11.2 Å². The lowest BCUT2D eigenvalue weighted by atomic mass is 10.2. The molecule has 19 heavy (non-hydrogen) atoms. The van der Waals surface area contributed by atoms with Crippen molar-refractivity contribution in [1.82, 2.24) is 4.57 Å². The topological polar surface area (TPSA) is 57.8 Å². The van der Waals surface area contributed by atoms with E-state index in [1.807, 2.05) is 13.8 Å². The molecule has 1 aliphatic carbocycles. The number of nitriles is 1. The Bertz CT molecular complexity index is 536. The van der Waals surface area contributed by atoms with Gasteiger partial charge in [-0.2, -0.15) is 5.26 Å². The summed E-state index contributed by atoms with van der Waals surface area (Å²) in [6.45, 7) is 3.93. The molecule has 0 spiro atoms. The number of nitrogens with zero attached hydrogens (tertiary/aromatic N) is 2. The summed E-state index contributed by atoms with van der Waals surface area (Å²) in [5.41, 5.74) is 2.57. The molecule has 102 valence electrons. The fraction of sp³-hybridized carbons (Fsp3) is 0.571. The molecule has 0 bridgehead atoms. The molecule has 4 nitrogen and oxygen atoms in total. The quantitative estimate of drug-likeness (QED) is 0.863. The van der Waals surface area contributed by atoms with E-state index in [4.69, 9.17) is 11.6 Å². The number of hydrogen-bond donors (Lipinski definition) is 1. The van der Waals surface area contributed by atoms with Crippen LogP contribution in [0.25, 0.3) is 0 Å². The smallest absolute Gasteiger partial charge is 0.240 e. The van der Waals surface area contributed by atoms with Crippen molar-refractivity contribution in [1.29, 1.82) is 5.26 Å². The molecule has 0 radical (unpaired) electrons. The zero-order valence-electron chi connectivity index (χ0n) is 11.3. The lowest BCUT2D eigenvalue weighted by molar-refractivity contribution is -0.114. The summed E-state index contributed by atoms with van der Waals surface area (Å²) in [6.07, 6.45) is 4.60. The average molecular weight is 280 g/mol. The average Bonchev–Trinajstić information content (AvgIpc) is 2.99. The highest BCUT2D eigenvalue weighted by molar-refractivity contribution is 6.29. The molecular weight excluding hydrogens is 262 g/mol. The zero-order valence-corrected chi connectivity index (χ0v) is 12.0. The number of carbonyl (C=O) groups is 1. The van der Waals surface area contributed by atoms with Crippen LogP contribution >= 0.6 is 11.6 Å². The van der Waals surface area contributed by atoms with Gasteiger partial charge in [-0.25, -0.2) is 0 Å². The fourth-order valence-electron chi connectivity index (χ4n) is 2.87. The molecular formula is C14H18ClN3O. The van der Waals surface area contributed by atoms with Crippen molar-refractivity contribution < 1.29 is 4.79 Å².